The molecule has 0 aromatic carbocycles. The van der Waals surface area contributed by atoms with Crippen LogP contribution >= 0.6 is 0 Å². The molecule has 0 radical (unpaired) electrons. The molecule has 2 heterocycles. The number of rotatable bonds is 0. The van der Waals surface area contributed by atoms with E-state index in [1.54, 1.807) is 11.1 Å². The molecule has 1 aliphatic heterocycles. The van der Waals surface area contributed by atoms with Crippen molar-refractivity contribution in [1.29, 1.82) is 0 Å². The minimum atomic E-state index is -0.446. The summed E-state index contributed by atoms with van der Waals surface area (Å²) in [6.07, 6.45) is 1.52. The molecule has 1 unspecified atom stereocenters. The van der Waals surface area contributed by atoms with Gasteiger partial charge in [-0.3, -0.25) is 4.68 Å². The highest BCUT2D eigenvalue weighted by Gasteiger charge is 2.29. The van der Waals surface area contributed by atoms with Gasteiger partial charge in [0.25, 0.3) is 0 Å². The van der Waals surface area contributed by atoms with Crippen molar-refractivity contribution in [3.63, 3.8) is 0 Å². The quantitative estimate of drug-likeness (QED) is 0.695. The van der Waals surface area contributed by atoms with E-state index in [4.69, 9.17) is 4.74 Å². The largest absolute Gasteiger partial charge is 0.444 e. The number of amides is 1. The van der Waals surface area contributed by atoms with Gasteiger partial charge in [-0.15, -0.1) is 0 Å². The summed E-state index contributed by atoms with van der Waals surface area (Å²) in [7, 11) is 0. The summed E-state index contributed by atoms with van der Waals surface area (Å²) in [5.74, 6) is 0. The lowest BCUT2D eigenvalue weighted by Gasteiger charge is -2.33. The van der Waals surface area contributed by atoms with E-state index in [1.165, 1.54) is 0 Å². The minimum absolute atomic E-state index is 0.196. The first-order valence-electron chi connectivity index (χ1n) is 5.87. The van der Waals surface area contributed by atoms with Gasteiger partial charge in [-0.1, -0.05) is 0 Å². The number of fused-ring (bicyclic) bond motifs is 1. The Hall–Kier alpha value is -1.52. The Morgan fingerprint density at radius 3 is 2.88 bits per heavy atom. The van der Waals surface area contributed by atoms with Gasteiger partial charge in [-0.25, -0.2) is 4.79 Å². The fraction of sp³-hybridized carbons (Fsp3) is 0.667. The number of ether oxygens (including phenoxy) is 1. The molecular weight excluding hydrogens is 218 g/mol. The van der Waals surface area contributed by atoms with Crippen LogP contribution in [0.5, 0.6) is 0 Å². The van der Waals surface area contributed by atoms with Crippen molar-refractivity contribution in [2.75, 3.05) is 6.54 Å². The SMILES string of the molecule is CC1CN(C(=O)OC(C)(C)C)Cc2ccnn21. The second-order valence-corrected chi connectivity index (χ2v) is 5.48. The van der Waals surface area contributed by atoms with Gasteiger partial charge >= 0.3 is 6.09 Å². The molecule has 17 heavy (non-hydrogen) atoms. The van der Waals surface area contributed by atoms with Crippen molar-refractivity contribution in [2.45, 2.75) is 45.9 Å². The number of carbonyl (C=O) groups is 1. The van der Waals surface area contributed by atoms with E-state index < -0.39 is 5.60 Å². The molecule has 0 fully saturated rings. The van der Waals surface area contributed by atoms with Crippen molar-refractivity contribution in [1.82, 2.24) is 14.7 Å². The van der Waals surface area contributed by atoms with Crippen LogP contribution in [-0.2, 0) is 11.3 Å². The Kier molecular flexibility index (Phi) is 2.85. The van der Waals surface area contributed by atoms with Crippen LogP contribution in [0.25, 0.3) is 0 Å². The average Bonchev–Trinajstić information content (AvgIpc) is 2.63. The number of hydrogen-bond donors (Lipinski definition) is 0. The van der Waals surface area contributed by atoms with Gasteiger partial charge in [-0.05, 0) is 33.8 Å². The van der Waals surface area contributed by atoms with Crippen LogP contribution in [0, 0.1) is 0 Å². The third-order valence-corrected chi connectivity index (χ3v) is 2.66. The molecule has 1 amide bonds. The van der Waals surface area contributed by atoms with Crippen LogP contribution in [0.3, 0.4) is 0 Å². The van der Waals surface area contributed by atoms with Crippen molar-refractivity contribution in [2.24, 2.45) is 0 Å². The molecule has 1 aliphatic rings. The Balaban J connectivity index is 2.09. The molecule has 1 aromatic rings. The first kappa shape index (κ1) is 12.0. The zero-order valence-corrected chi connectivity index (χ0v) is 10.8. The standard InChI is InChI=1S/C12H19N3O2/c1-9-7-14(11(16)17-12(2,3)4)8-10-5-6-13-15(9)10/h5-6,9H,7-8H2,1-4H3. The highest BCUT2D eigenvalue weighted by molar-refractivity contribution is 5.68. The number of nitrogens with zero attached hydrogens (tertiary/aromatic N) is 3. The fourth-order valence-corrected chi connectivity index (χ4v) is 1.99. The van der Waals surface area contributed by atoms with Crippen molar-refractivity contribution in [3.8, 4) is 0 Å². The van der Waals surface area contributed by atoms with Crippen molar-refractivity contribution >= 4 is 6.09 Å². The summed E-state index contributed by atoms with van der Waals surface area (Å²) in [6, 6.07) is 2.13. The predicted molar refractivity (Wildman–Crippen MR) is 63.6 cm³/mol. The molecule has 0 saturated heterocycles. The highest BCUT2D eigenvalue weighted by Crippen LogP contribution is 2.21. The number of hydrogen-bond acceptors (Lipinski definition) is 3. The summed E-state index contributed by atoms with van der Waals surface area (Å²) in [5.41, 5.74) is 0.604. The van der Waals surface area contributed by atoms with E-state index in [0.29, 0.717) is 13.1 Å². The Labute approximate surface area is 101 Å². The molecule has 1 atom stereocenters. The predicted octanol–water partition coefficient (Wildman–Crippen LogP) is 2.19. The van der Waals surface area contributed by atoms with Gasteiger partial charge in [0.1, 0.15) is 5.60 Å². The average molecular weight is 237 g/mol. The van der Waals surface area contributed by atoms with Crippen LogP contribution in [0.4, 0.5) is 4.79 Å². The summed E-state index contributed by atoms with van der Waals surface area (Å²) < 4.78 is 7.33. The Morgan fingerprint density at radius 2 is 2.24 bits per heavy atom. The second kappa shape index (κ2) is 4.05. The fourth-order valence-electron chi connectivity index (χ4n) is 1.99. The Bertz CT molecular complexity index is 420. The van der Waals surface area contributed by atoms with Crippen molar-refractivity contribution < 1.29 is 9.53 Å². The lowest BCUT2D eigenvalue weighted by atomic mass is 10.2. The van der Waals surface area contributed by atoms with Crippen LogP contribution in [0.2, 0.25) is 0 Å². The molecule has 0 N–H and O–H groups in total. The maximum Gasteiger partial charge on any atom is 0.410 e. The van der Waals surface area contributed by atoms with Crippen LogP contribution < -0.4 is 0 Å². The monoisotopic (exact) mass is 237 g/mol. The molecule has 0 bridgehead atoms. The minimum Gasteiger partial charge on any atom is -0.444 e. The molecule has 0 aliphatic carbocycles. The van der Waals surface area contributed by atoms with Gasteiger partial charge in [0.15, 0.2) is 0 Å². The zero-order valence-electron chi connectivity index (χ0n) is 10.8. The van der Waals surface area contributed by atoms with E-state index in [2.05, 4.69) is 5.10 Å². The van der Waals surface area contributed by atoms with E-state index in [-0.39, 0.29) is 12.1 Å². The summed E-state index contributed by atoms with van der Waals surface area (Å²) in [6.45, 7) is 8.89. The third kappa shape index (κ3) is 2.60. The Morgan fingerprint density at radius 1 is 1.53 bits per heavy atom. The van der Waals surface area contributed by atoms with Crippen molar-refractivity contribution in [3.05, 3.63) is 18.0 Å². The van der Waals surface area contributed by atoms with Gasteiger partial charge in [0.2, 0.25) is 0 Å². The molecule has 5 nitrogen and oxygen atoms in total. The first-order valence-corrected chi connectivity index (χ1v) is 5.87. The van der Waals surface area contributed by atoms with E-state index in [0.717, 1.165) is 5.69 Å². The zero-order chi connectivity index (χ0) is 12.6. The molecular formula is C12H19N3O2. The van der Waals surface area contributed by atoms with E-state index in [1.807, 2.05) is 38.4 Å². The van der Waals surface area contributed by atoms with Gasteiger partial charge < -0.3 is 9.64 Å². The second-order valence-electron chi connectivity index (χ2n) is 5.48. The van der Waals surface area contributed by atoms with Gasteiger partial charge in [0, 0.05) is 12.7 Å². The molecule has 1 aromatic heterocycles. The normalized spacial score (nSPS) is 20.0. The molecule has 2 rings (SSSR count). The van der Waals surface area contributed by atoms with Crippen LogP contribution in [-0.4, -0.2) is 32.9 Å². The summed E-state index contributed by atoms with van der Waals surface area (Å²) >= 11 is 0. The summed E-state index contributed by atoms with van der Waals surface area (Å²) in [5, 5.41) is 4.24. The van der Waals surface area contributed by atoms with E-state index in [9.17, 15) is 4.79 Å². The first-order chi connectivity index (χ1) is 7.87. The topological polar surface area (TPSA) is 47.4 Å². The maximum atomic E-state index is 12.0. The van der Waals surface area contributed by atoms with E-state index >= 15 is 0 Å². The van der Waals surface area contributed by atoms with Gasteiger partial charge in [-0.2, -0.15) is 5.10 Å². The lowest BCUT2D eigenvalue weighted by Crippen LogP contribution is -2.43. The lowest BCUT2D eigenvalue weighted by molar-refractivity contribution is 0.0167. The number of aromatic nitrogens is 2. The molecule has 0 saturated carbocycles. The molecule has 94 valence electrons. The molecule has 0 spiro atoms. The highest BCUT2D eigenvalue weighted by atomic mass is 16.6. The van der Waals surface area contributed by atoms with Crippen LogP contribution in [0.1, 0.15) is 39.4 Å². The third-order valence-electron chi connectivity index (χ3n) is 2.66. The summed E-state index contributed by atoms with van der Waals surface area (Å²) in [4.78, 5) is 13.7. The smallest absolute Gasteiger partial charge is 0.410 e. The maximum absolute atomic E-state index is 12.0. The number of carbonyl (C=O) groups excluding carboxylic acids is 1. The molecule has 5 heteroatoms. The van der Waals surface area contributed by atoms with Gasteiger partial charge in [0.05, 0.1) is 18.3 Å². The van der Waals surface area contributed by atoms with Crippen LogP contribution in [0.15, 0.2) is 12.3 Å².